The molecular weight excluding hydrogens is 647 g/mol. The number of thioether (sulfide) groups is 1. The molecule has 0 saturated heterocycles. The Morgan fingerprint density at radius 1 is 0.740 bits per heavy atom. The van der Waals surface area contributed by atoms with E-state index in [1.165, 1.54) is 11.8 Å². The van der Waals surface area contributed by atoms with E-state index in [4.69, 9.17) is 9.47 Å². The van der Waals surface area contributed by atoms with E-state index in [1.807, 2.05) is 78.9 Å². The summed E-state index contributed by atoms with van der Waals surface area (Å²) >= 11 is 1.36. The number of carbonyl (C=O) groups excluding carboxylic acids is 3. The zero-order chi connectivity index (χ0) is 35.1. The van der Waals surface area contributed by atoms with E-state index in [9.17, 15) is 14.4 Å². The fraction of sp³-hybridized carbons (Fsp3) is 0.146. The zero-order valence-electron chi connectivity index (χ0n) is 27.9. The molecule has 5 rings (SSSR count). The molecule has 0 radical (unpaired) electrons. The van der Waals surface area contributed by atoms with Crippen molar-refractivity contribution < 1.29 is 23.9 Å². The van der Waals surface area contributed by atoms with Crippen LogP contribution in [0, 0.1) is 0 Å². The smallest absolute Gasteiger partial charge is 0.272 e. The standard InChI is InChI=1S/C41H39N3O5S/c1-3-4-25-49-34-23-21-32(22-24-34)42-41(47)38(30-14-7-5-8-15-30)50-36-20-12-18-33(28-36)43-40(46)37(27-29-13-11-19-35(26-29)48-2)44-39(45)31-16-9-6-10-17-31/h5-24,26-28,38H,3-4,25H2,1-2H3,(H,42,47)(H,43,46)(H,44,45)/b37-27-. The van der Waals surface area contributed by atoms with Crippen molar-refractivity contribution in [3.05, 3.63) is 156 Å². The molecule has 50 heavy (non-hydrogen) atoms. The first kappa shape index (κ1) is 35.5. The summed E-state index contributed by atoms with van der Waals surface area (Å²) in [6.45, 7) is 2.76. The van der Waals surface area contributed by atoms with Crippen molar-refractivity contribution in [2.24, 2.45) is 0 Å². The molecule has 254 valence electrons. The molecule has 3 amide bonds. The van der Waals surface area contributed by atoms with Crippen LogP contribution < -0.4 is 25.4 Å². The topological polar surface area (TPSA) is 106 Å². The Labute approximate surface area is 296 Å². The van der Waals surface area contributed by atoms with E-state index in [-0.39, 0.29) is 11.6 Å². The number of hydrogen-bond donors (Lipinski definition) is 3. The highest BCUT2D eigenvalue weighted by Gasteiger charge is 2.23. The Morgan fingerprint density at radius 3 is 2.18 bits per heavy atom. The van der Waals surface area contributed by atoms with Gasteiger partial charge >= 0.3 is 0 Å². The Kier molecular flexibility index (Phi) is 12.9. The first-order chi connectivity index (χ1) is 24.4. The van der Waals surface area contributed by atoms with Gasteiger partial charge in [0.2, 0.25) is 5.91 Å². The predicted molar refractivity (Wildman–Crippen MR) is 200 cm³/mol. The molecule has 3 N–H and O–H groups in total. The van der Waals surface area contributed by atoms with Gasteiger partial charge in [0.05, 0.1) is 13.7 Å². The Hall–Kier alpha value is -5.80. The summed E-state index contributed by atoms with van der Waals surface area (Å²) in [5.74, 6) is 0.240. The minimum absolute atomic E-state index is 0.0495. The number of carbonyl (C=O) groups is 3. The monoisotopic (exact) mass is 685 g/mol. The number of hydrogen-bond acceptors (Lipinski definition) is 6. The zero-order valence-corrected chi connectivity index (χ0v) is 28.7. The van der Waals surface area contributed by atoms with Crippen molar-refractivity contribution in [2.45, 2.75) is 29.9 Å². The van der Waals surface area contributed by atoms with E-state index < -0.39 is 17.1 Å². The minimum Gasteiger partial charge on any atom is -0.497 e. The maximum absolute atomic E-state index is 13.7. The number of methoxy groups -OCH3 is 1. The molecule has 0 aromatic heterocycles. The summed E-state index contributed by atoms with van der Waals surface area (Å²) in [6, 6.07) is 40.0. The third-order valence-electron chi connectivity index (χ3n) is 7.51. The molecule has 0 aliphatic heterocycles. The van der Waals surface area contributed by atoms with Crippen LogP contribution in [0.4, 0.5) is 11.4 Å². The van der Waals surface area contributed by atoms with Gasteiger partial charge in [0.1, 0.15) is 22.4 Å². The van der Waals surface area contributed by atoms with Crippen molar-refractivity contribution in [1.29, 1.82) is 0 Å². The Bertz CT molecular complexity index is 1910. The number of amides is 3. The summed E-state index contributed by atoms with van der Waals surface area (Å²) in [7, 11) is 1.56. The molecule has 0 heterocycles. The number of rotatable bonds is 15. The Morgan fingerprint density at radius 2 is 1.46 bits per heavy atom. The third-order valence-corrected chi connectivity index (χ3v) is 8.76. The number of unbranched alkanes of at least 4 members (excludes halogenated alkanes) is 1. The van der Waals surface area contributed by atoms with Crippen LogP contribution in [0.5, 0.6) is 11.5 Å². The van der Waals surface area contributed by atoms with Crippen LogP contribution >= 0.6 is 11.8 Å². The second-order valence-electron chi connectivity index (χ2n) is 11.3. The summed E-state index contributed by atoms with van der Waals surface area (Å²) in [6.07, 6.45) is 3.62. The van der Waals surface area contributed by atoms with Gasteiger partial charge in [-0.15, -0.1) is 11.8 Å². The van der Waals surface area contributed by atoms with Crippen molar-refractivity contribution in [2.75, 3.05) is 24.4 Å². The number of benzene rings is 5. The number of nitrogens with one attached hydrogen (secondary N) is 3. The van der Waals surface area contributed by atoms with Gasteiger partial charge in [-0.2, -0.15) is 0 Å². The molecule has 0 saturated carbocycles. The number of anilines is 2. The van der Waals surface area contributed by atoms with Gasteiger partial charge in [-0.25, -0.2) is 0 Å². The van der Waals surface area contributed by atoms with Crippen LogP contribution in [0.25, 0.3) is 6.08 Å². The molecule has 0 spiro atoms. The van der Waals surface area contributed by atoms with Crippen LogP contribution in [0.2, 0.25) is 0 Å². The van der Waals surface area contributed by atoms with Crippen molar-refractivity contribution >= 4 is 46.9 Å². The van der Waals surface area contributed by atoms with Crippen LogP contribution in [0.15, 0.2) is 144 Å². The minimum atomic E-state index is -0.587. The van der Waals surface area contributed by atoms with Gasteiger partial charge < -0.3 is 25.4 Å². The predicted octanol–water partition coefficient (Wildman–Crippen LogP) is 8.76. The maximum atomic E-state index is 13.7. The lowest BCUT2D eigenvalue weighted by Gasteiger charge is -2.18. The highest BCUT2D eigenvalue weighted by atomic mass is 32.2. The van der Waals surface area contributed by atoms with Crippen molar-refractivity contribution in [3.8, 4) is 11.5 Å². The molecule has 0 aliphatic carbocycles. The normalized spacial score (nSPS) is 11.6. The van der Waals surface area contributed by atoms with Gasteiger partial charge in [-0.1, -0.05) is 80.1 Å². The summed E-state index contributed by atoms with van der Waals surface area (Å²) < 4.78 is 11.1. The quantitative estimate of drug-likeness (QED) is 0.0578. The van der Waals surface area contributed by atoms with E-state index in [0.717, 1.165) is 29.1 Å². The second-order valence-corrected chi connectivity index (χ2v) is 12.4. The van der Waals surface area contributed by atoms with E-state index in [1.54, 1.807) is 67.8 Å². The average Bonchev–Trinajstić information content (AvgIpc) is 3.15. The van der Waals surface area contributed by atoms with E-state index in [2.05, 4.69) is 22.9 Å². The highest BCUT2D eigenvalue weighted by Crippen LogP contribution is 2.37. The first-order valence-electron chi connectivity index (χ1n) is 16.3. The van der Waals surface area contributed by atoms with Crippen LogP contribution in [0.3, 0.4) is 0 Å². The molecule has 5 aromatic rings. The second kappa shape index (κ2) is 18.1. The molecule has 9 heteroatoms. The fourth-order valence-corrected chi connectivity index (χ4v) is 5.98. The average molecular weight is 686 g/mol. The summed E-state index contributed by atoms with van der Waals surface area (Å²) in [5.41, 5.74) is 3.12. The largest absolute Gasteiger partial charge is 0.497 e. The summed E-state index contributed by atoms with van der Waals surface area (Å²) in [4.78, 5) is 41.3. The molecule has 5 aromatic carbocycles. The van der Waals surface area contributed by atoms with Crippen LogP contribution in [-0.4, -0.2) is 31.4 Å². The SMILES string of the molecule is CCCCOc1ccc(NC(=O)C(Sc2cccc(NC(=O)/C(=C/c3cccc(OC)c3)NC(=O)c3ccccc3)c2)c2ccccc2)cc1. The third kappa shape index (κ3) is 10.3. The van der Waals surface area contributed by atoms with Gasteiger partial charge in [-0.05, 0) is 90.4 Å². The summed E-state index contributed by atoms with van der Waals surface area (Å²) in [5, 5.41) is 8.13. The van der Waals surface area contributed by atoms with Crippen molar-refractivity contribution in [1.82, 2.24) is 5.32 Å². The molecular formula is C41H39N3O5S. The maximum Gasteiger partial charge on any atom is 0.272 e. The van der Waals surface area contributed by atoms with Gasteiger partial charge in [-0.3, -0.25) is 14.4 Å². The van der Waals surface area contributed by atoms with E-state index >= 15 is 0 Å². The molecule has 8 nitrogen and oxygen atoms in total. The van der Waals surface area contributed by atoms with Crippen molar-refractivity contribution in [3.63, 3.8) is 0 Å². The first-order valence-corrected chi connectivity index (χ1v) is 17.2. The molecule has 0 bridgehead atoms. The molecule has 1 atom stereocenters. The molecule has 1 unspecified atom stereocenters. The Balaban J connectivity index is 1.34. The highest BCUT2D eigenvalue weighted by molar-refractivity contribution is 8.00. The fourth-order valence-electron chi connectivity index (χ4n) is 4.90. The van der Waals surface area contributed by atoms with Crippen LogP contribution in [0.1, 0.15) is 46.5 Å². The number of ether oxygens (including phenoxy) is 2. The molecule has 0 fully saturated rings. The van der Waals surface area contributed by atoms with Crippen LogP contribution in [-0.2, 0) is 9.59 Å². The van der Waals surface area contributed by atoms with E-state index in [0.29, 0.717) is 34.9 Å². The van der Waals surface area contributed by atoms with Gasteiger partial charge in [0.15, 0.2) is 0 Å². The lowest BCUT2D eigenvalue weighted by Crippen LogP contribution is -2.30. The van der Waals surface area contributed by atoms with Gasteiger partial charge in [0.25, 0.3) is 11.8 Å². The van der Waals surface area contributed by atoms with Gasteiger partial charge in [0, 0.05) is 21.8 Å². The molecule has 0 aliphatic rings. The lowest BCUT2D eigenvalue weighted by atomic mass is 10.1. The lowest BCUT2D eigenvalue weighted by molar-refractivity contribution is -0.116.